The summed E-state index contributed by atoms with van der Waals surface area (Å²) in [5.41, 5.74) is 10.3. The van der Waals surface area contributed by atoms with E-state index in [0.717, 1.165) is 45.6 Å². The van der Waals surface area contributed by atoms with E-state index in [4.69, 9.17) is 4.99 Å². The summed E-state index contributed by atoms with van der Waals surface area (Å²) in [6.45, 7) is 13.9. The predicted octanol–water partition coefficient (Wildman–Crippen LogP) is 4.97. The molecule has 0 amide bonds. The summed E-state index contributed by atoms with van der Waals surface area (Å²) in [6.07, 6.45) is 9.29. The fourth-order valence-electron chi connectivity index (χ4n) is 5.31. The quantitative estimate of drug-likeness (QED) is 0.669. The van der Waals surface area contributed by atoms with Gasteiger partial charge in [0, 0.05) is 43.7 Å². The number of fused-ring (bicyclic) bond motifs is 1. The van der Waals surface area contributed by atoms with Crippen molar-refractivity contribution in [3.05, 3.63) is 76.7 Å². The average Bonchev–Trinajstić information content (AvgIpc) is 3.57. The monoisotopic (exact) mass is 399 g/mol. The first-order valence-corrected chi connectivity index (χ1v) is 11.5. The van der Waals surface area contributed by atoms with Gasteiger partial charge in [0.1, 0.15) is 5.84 Å². The Morgan fingerprint density at radius 2 is 1.97 bits per heavy atom. The average molecular weight is 400 g/mol. The van der Waals surface area contributed by atoms with Gasteiger partial charge in [-0.2, -0.15) is 0 Å². The Balaban J connectivity index is 1.38. The number of aliphatic imine (C=N–C) groups is 1. The molecule has 5 rings (SSSR count). The summed E-state index contributed by atoms with van der Waals surface area (Å²) in [5, 5.41) is 0. The normalized spacial score (nSPS) is 25.1. The maximum atomic E-state index is 5.26. The Bertz CT molecular complexity index is 977. The Kier molecular flexibility index (Phi) is 5.05. The van der Waals surface area contributed by atoms with Crippen molar-refractivity contribution in [1.82, 2.24) is 9.80 Å². The molecule has 0 spiro atoms. The summed E-state index contributed by atoms with van der Waals surface area (Å²) in [6, 6.07) is 8.90. The minimum atomic E-state index is 0.360. The molecule has 3 nitrogen and oxygen atoms in total. The first-order valence-electron chi connectivity index (χ1n) is 11.5. The van der Waals surface area contributed by atoms with Crippen LogP contribution in [0.25, 0.3) is 0 Å². The molecule has 0 bridgehead atoms. The third-order valence-corrected chi connectivity index (χ3v) is 7.67. The molecule has 2 aliphatic heterocycles. The van der Waals surface area contributed by atoms with E-state index in [9.17, 15) is 0 Å². The molecule has 4 aliphatic rings. The lowest BCUT2D eigenvalue weighted by molar-refractivity contribution is 0.161. The molecule has 0 N–H and O–H groups in total. The van der Waals surface area contributed by atoms with Gasteiger partial charge >= 0.3 is 0 Å². The Morgan fingerprint density at radius 1 is 1.20 bits per heavy atom. The second-order valence-electron chi connectivity index (χ2n) is 9.56. The van der Waals surface area contributed by atoms with Crippen LogP contribution in [0, 0.1) is 11.3 Å². The Hall–Kier alpha value is -2.35. The van der Waals surface area contributed by atoms with Crippen molar-refractivity contribution in [1.29, 1.82) is 0 Å². The molecule has 30 heavy (non-hydrogen) atoms. The molecule has 2 heterocycles. The lowest BCUT2D eigenvalue weighted by Crippen LogP contribution is -2.50. The molecule has 1 saturated heterocycles. The highest BCUT2D eigenvalue weighted by atomic mass is 15.3. The highest BCUT2D eigenvalue weighted by molar-refractivity contribution is 6.01. The molecule has 0 radical (unpaired) electrons. The lowest BCUT2D eigenvalue weighted by atomic mass is 9.86. The molecule has 3 heteroatoms. The first kappa shape index (κ1) is 19.6. The van der Waals surface area contributed by atoms with Gasteiger partial charge in [-0.15, -0.1) is 5.73 Å². The van der Waals surface area contributed by atoms with Gasteiger partial charge in [-0.05, 0) is 61.3 Å². The first-order chi connectivity index (χ1) is 14.6. The van der Waals surface area contributed by atoms with E-state index in [1.807, 2.05) is 0 Å². The standard InChI is InChI=1S/C27H33N3/c1-4-21(3)27(12-13-27)19-29-14-16-30(17-15-29)26-23-10-6-5-9-22(23)18-24-20(2)8-7-11-25(24)28-26/h5-7,9-11,20H,1,8,12-19H2,2-3H3. The van der Waals surface area contributed by atoms with Crippen LogP contribution in [0.2, 0.25) is 0 Å². The fraction of sp³-hybridized carbons (Fsp3) is 0.481. The minimum Gasteiger partial charge on any atom is -0.354 e. The molecule has 1 atom stereocenters. The van der Waals surface area contributed by atoms with Crippen molar-refractivity contribution >= 4 is 5.84 Å². The zero-order valence-corrected chi connectivity index (χ0v) is 18.5. The van der Waals surface area contributed by atoms with Crippen LogP contribution in [-0.4, -0.2) is 48.4 Å². The van der Waals surface area contributed by atoms with Crippen molar-refractivity contribution in [3.8, 4) is 0 Å². The third kappa shape index (κ3) is 3.51. The number of benzene rings is 1. The smallest absolute Gasteiger partial charge is 0.136 e. The van der Waals surface area contributed by atoms with E-state index in [2.05, 4.69) is 72.4 Å². The van der Waals surface area contributed by atoms with E-state index >= 15 is 0 Å². The maximum absolute atomic E-state index is 5.26. The van der Waals surface area contributed by atoms with Crippen molar-refractivity contribution in [2.24, 2.45) is 16.3 Å². The third-order valence-electron chi connectivity index (χ3n) is 7.67. The number of allylic oxidation sites excluding steroid dienone is 3. The number of nitrogens with zero attached hydrogens (tertiary/aromatic N) is 3. The van der Waals surface area contributed by atoms with Crippen LogP contribution in [0.4, 0.5) is 0 Å². The largest absolute Gasteiger partial charge is 0.354 e. The van der Waals surface area contributed by atoms with Gasteiger partial charge in [0.05, 0.1) is 5.70 Å². The van der Waals surface area contributed by atoms with Crippen LogP contribution in [-0.2, 0) is 6.42 Å². The van der Waals surface area contributed by atoms with E-state index in [0.29, 0.717) is 11.3 Å². The molecule has 0 aromatic heterocycles. The second-order valence-corrected chi connectivity index (χ2v) is 9.56. The van der Waals surface area contributed by atoms with Gasteiger partial charge in [0.2, 0.25) is 0 Å². The zero-order chi connectivity index (χ0) is 20.7. The van der Waals surface area contributed by atoms with Gasteiger partial charge in [-0.1, -0.05) is 43.8 Å². The van der Waals surface area contributed by atoms with E-state index in [-0.39, 0.29) is 0 Å². The van der Waals surface area contributed by atoms with Crippen molar-refractivity contribution in [2.75, 3.05) is 32.7 Å². The molecular formula is C27H33N3. The molecule has 2 aliphatic carbocycles. The highest BCUT2D eigenvalue weighted by Gasteiger charge is 2.45. The second kappa shape index (κ2) is 7.72. The van der Waals surface area contributed by atoms with Crippen molar-refractivity contribution in [3.63, 3.8) is 0 Å². The van der Waals surface area contributed by atoms with Crippen molar-refractivity contribution < 1.29 is 0 Å². The topological polar surface area (TPSA) is 18.8 Å². The lowest BCUT2D eigenvalue weighted by Gasteiger charge is -2.38. The number of amidine groups is 1. The van der Waals surface area contributed by atoms with Crippen molar-refractivity contribution in [2.45, 2.75) is 39.5 Å². The van der Waals surface area contributed by atoms with Gasteiger partial charge in [0.15, 0.2) is 0 Å². The van der Waals surface area contributed by atoms with Gasteiger partial charge < -0.3 is 4.90 Å². The Labute approximate surface area is 181 Å². The van der Waals surface area contributed by atoms with Crippen LogP contribution >= 0.6 is 0 Å². The molecule has 2 fully saturated rings. The zero-order valence-electron chi connectivity index (χ0n) is 18.5. The predicted molar refractivity (Wildman–Crippen MR) is 125 cm³/mol. The van der Waals surface area contributed by atoms with Crippen LogP contribution < -0.4 is 0 Å². The molecule has 1 aromatic carbocycles. The molecule has 1 unspecified atom stereocenters. The van der Waals surface area contributed by atoms with Gasteiger partial charge in [-0.25, -0.2) is 4.99 Å². The molecular weight excluding hydrogens is 366 g/mol. The molecule has 1 aromatic rings. The van der Waals surface area contributed by atoms with Crippen LogP contribution in [0.15, 0.2) is 70.6 Å². The Morgan fingerprint density at radius 3 is 2.70 bits per heavy atom. The summed E-state index contributed by atoms with van der Waals surface area (Å²) >= 11 is 0. The molecule has 156 valence electrons. The van der Waals surface area contributed by atoms with Gasteiger partial charge in [-0.3, -0.25) is 4.90 Å². The van der Waals surface area contributed by atoms with Gasteiger partial charge in [0.25, 0.3) is 0 Å². The summed E-state index contributed by atoms with van der Waals surface area (Å²) in [7, 11) is 0. The van der Waals surface area contributed by atoms with E-state index < -0.39 is 0 Å². The van der Waals surface area contributed by atoms with E-state index in [1.54, 1.807) is 0 Å². The SMILES string of the molecule is C=C=C(C)C1(CN2CCN(C3=NC4=C(Cc5ccccc53)C(C)CC=C4)CC2)CC1. The van der Waals surface area contributed by atoms with Crippen LogP contribution in [0.5, 0.6) is 0 Å². The highest BCUT2D eigenvalue weighted by Crippen LogP contribution is 2.52. The number of piperazine rings is 1. The van der Waals surface area contributed by atoms with E-state index in [1.165, 1.54) is 46.6 Å². The number of rotatable bonds is 3. The number of hydrogen-bond donors (Lipinski definition) is 0. The summed E-state index contributed by atoms with van der Waals surface area (Å²) in [4.78, 5) is 10.4. The fourth-order valence-corrected chi connectivity index (χ4v) is 5.31. The minimum absolute atomic E-state index is 0.360. The molecule has 1 saturated carbocycles. The van der Waals surface area contributed by atoms with Crippen LogP contribution in [0.1, 0.15) is 44.2 Å². The van der Waals surface area contributed by atoms with Crippen LogP contribution in [0.3, 0.4) is 0 Å². The summed E-state index contributed by atoms with van der Waals surface area (Å²) in [5.74, 6) is 1.76. The number of hydrogen-bond acceptors (Lipinski definition) is 3. The maximum Gasteiger partial charge on any atom is 0.136 e. The summed E-state index contributed by atoms with van der Waals surface area (Å²) < 4.78 is 0.